The van der Waals surface area contributed by atoms with Crippen LogP contribution < -0.4 is 4.74 Å². The summed E-state index contributed by atoms with van der Waals surface area (Å²) < 4.78 is 40.4. The van der Waals surface area contributed by atoms with E-state index in [2.05, 4.69) is 11.8 Å². The van der Waals surface area contributed by atoms with Crippen LogP contribution in [0.1, 0.15) is 12.0 Å². The fraction of sp³-hybridized carbons (Fsp3) is 0.333. The normalized spacial score (nSPS) is 10.6. The zero-order valence-corrected chi connectivity index (χ0v) is 8.92. The van der Waals surface area contributed by atoms with Gasteiger partial charge in [-0.1, -0.05) is 11.8 Å². The van der Waals surface area contributed by atoms with E-state index >= 15 is 0 Å². The van der Waals surface area contributed by atoms with Crippen molar-refractivity contribution >= 4 is 0 Å². The standard InChI is InChI=1S/C12H11F3O2/c13-12(14,15)7-9-17-11-5-3-10(4-6-11)2-1-8-16/h3-6,16H,7-9H2. The van der Waals surface area contributed by atoms with Gasteiger partial charge >= 0.3 is 6.18 Å². The number of hydrogen-bond acceptors (Lipinski definition) is 2. The van der Waals surface area contributed by atoms with Gasteiger partial charge in [-0.05, 0) is 24.3 Å². The van der Waals surface area contributed by atoms with Gasteiger partial charge in [-0.15, -0.1) is 0 Å². The second-order valence-corrected chi connectivity index (χ2v) is 3.20. The number of alkyl halides is 3. The first-order valence-corrected chi connectivity index (χ1v) is 4.90. The molecule has 5 heteroatoms. The number of rotatable bonds is 3. The van der Waals surface area contributed by atoms with Crippen molar-refractivity contribution in [3.05, 3.63) is 29.8 Å². The Balaban J connectivity index is 2.46. The van der Waals surface area contributed by atoms with Crippen LogP contribution in [0.3, 0.4) is 0 Å². The third kappa shape index (κ3) is 5.83. The van der Waals surface area contributed by atoms with Crippen LogP contribution in [0.5, 0.6) is 5.75 Å². The lowest BCUT2D eigenvalue weighted by Crippen LogP contribution is -2.12. The van der Waals surface area contributed by atoms with Crippen molar-refractivity contribution < 1.29 is 23.0 Å². The summed E-state index contributed by atoms with van der Waals surface area (Å²) in [5, 5.41) is 8.47. The van der Waals surface area contributed by atoms with Gasteiger partial charge in [0.25, 0.3) is 0 Å². The van der Waals surface area contributed by atoms with E-state index in [1.54, 1.807) is 12.1 Å². The molecule has 2 nitrogen and oxygen atoms in total. The first kappa shape index (κ1) is 13.4. The van der Waals surface area contributed by atoms with Crippen LogP contribution >= 0.6 is 0 Å². The summed E-state index contributed by atoms with van der Waals surface area (Å²) >= 11 is 0. The summed E-state index contributed by atoms with van der Waals surface area (Å²) in [7, 11) is 0. The largest absolute Gasteiger partial charge is 0.493 e. The summed E-state index contributed by atoms with van der Waals surface area (Å²) in [6.07, 6.45) is -5.17. The second kappa shape index (κ2) is 6.16. The van der Waals surface area contributed by atoms with Gasteiger partial charge in [-0.2, -0.15) is 13.2 Å². The maximum Gasteiger partial charge on any atom is 0.392 e. The Bertz CT molecular complexity index is 398. The molecule has 0 heterocycles. The van der Waals surface area contributed by atoms with Gasteiger partial charge in [0.15, 0.2) is 0 Å². The minimum atomic E-state index is -4.20. The second-order valence-electron chi connectivity index (χ2n) is 3.20. The molecule has 0 bridgehead atoms. The average molecular weight is 244 g/mol. The summed E-state index contributed by atoms with van der Waals surface area (Å²) in [5.74, 6) is 5.49. The van der Waals surface area contributed by atoms with Crippen molar-refractivity contribution in [3.63, 3.8) is 0 Å². The molecule has 17 heavy (non-hydrogen) atoms. The van der Waals surface area contributed by atoms with Crippen LogP contribution in [0.25, 0.3) is 0 Å². The molecule has 92 valence electrons. The van der Waals surface area contributed by atoms with E-state index in [0.29, 0.717) is 11.3 Å². The highest BCUT2D eigenvalue weighted by Crippen LogP contribution is 2.20. The molecule has 1 aromatic rings. The van der Waals surface area contributed by atoms with E-state index in [1.165, 1.54) is 12.1 Å². The Morgan fingerprint density at radius 2 is 1.82 bits per heavy atom. The van der Waals surface area contributed by atoms with Gasteiger partial charge in [0.2, 0.25) is 0 Å². The fourth-order valence-electron chi connectivity index (χ4n) is 1.06. The Morgan fingerprint density at radius 1 is 1.18 bits per heavy atom. The summed E-state index contributed by atoms with van der Waals surface area (Å²) in [4.78, 5) is 0. The van der Waals surface area contributed by atoms with Gasteiger partial charge in [0.05, 0.1) is 13.0 Å². The molecule has 0 aliphatic rings. The predicted octanol–water partition coefficient (Wildman–Crippen LogP) is 2.36. The fourth-order valence-corrected chi connectivity index (χ4v) is 1.06. The van der Waals surface area contributed by atoms with Crippen LogP contribution in [-0.4, -0.2) is 24.5 Å². The molecule has 0 amide bonds. The van der Waals surface area contributed by atoms with Crippen molar-refractivity contribution in [2.75, 3.05) is 13.2 Å². The number of ether oxygens (including phenoxy) is 1. The van der Waals surface area contributed by atoms with Crippen molar-refractivity contribution in [2.45, 2.75) is 12.6 Å². The van der Waals surface area contributed by atoms with E-state index in [0.717, 1.165) is 0 Å². The Morgan fingerprint density at radius 3 is 2.35 bits per heavy atom. The molecule has 1 rings (SSSR count). The number of halogens is 3. The molecule has 0 saturated heterocycles. The van der Waals surface area contributed by atoms with Crippen LogP contribution in [0.2, 0.25) is 0 Å². The molecule has 0 aliphatic heterocycles. The molecule has 1 N–H and O–H groups in total. The summed E-state index contributed by atoms with van der Waals surface area (Å²) in [6, 6.07) is 6.31. The Labute approximate surface area is 97.0 Å². The molecule has 0 aromatic heterocycles. The lowest BCUT2D eigenvalue weighted by molar-refractivity contribution is -0.139. The molecular formula is C12H11F3O2. The molecule has 0 atom stereocenters. The molecule has 0 unspecified atom stereocenters. The van der Waals surface area contributed by atoms with Crippen LogP contribution in [0.15, 0.2) is 24.3 Å². The number of aliphatic hydroxyl groups is 1. The minimum Gasteiger partial charge on any atom is -0.493 e. The number of hydrogen-bond donors (Lipinski definition) is 1. The molecular weight excluding hydrogens is 233 g/mol. The third-order valence-electron chi connectivity index (χ3n) is 1.82. The first-order valence-electron chi connectivity index (χ1n) is 4.90. The maximum atomic E-state index is 11.8. The summed E-state index contributed by atoms with van der Waals surface area (Å²) in [6.45, 7) is -0.630. The van der Waals surface area contributed by atoms with E-state index < -0.39 is 19.2 Å². The lowest BCUT2D eigenvalue weighted by Gasteiger charge is -2.08. The SMILES string of the molecule is OCC#Cc1ccc(OCCC(F)(F)F)cc1. The smallest absolute Gasteiger partial charge is 0.392 e. The summed E-state index contributed by atoms with van der Waals surface area (Å²) in [5.41, 5.74) is 0.669. The Hall–Kier alpha value is -1.67. The highest BCUT2D eigenvalue weighted by molar-refractivity contribution is 5.38. The van der Waals surface area contributed by atoms with E-state index in [1.807, 2.05) is 0 Å². The first-order chi connectivity index (χ1) is 8.01. The highest BCUT2D eigenvalue weighted by atomic mass is 19.4. The molecule has 0 saturated carbocycles. The lowest BCUT2D eigenvalue weighted by atomic mass is 10.2. The topological polar surface area (TPSA) is 29.5 Å². The van der Waals surface area contributed by atoms with Gasteiger partial charge in [0, 0.05) is 5.56 Å². The Kier molecular flexibility index (Phi) is 4.85. The zero-order valence-electron chi connectivity index (χ0n) is 8.92. The monoisotopic (exact) mass is 244 g/mol. The van der Waals surface area contributed by atoms with E-state index in [4.69, 9.17) is 9.84 Å². The van der Waals surface area contributed by atoms with Crippen LogP contribution in [0, 0.1) is 11.8 Å². The minimum absolute atomic E-state index is 0.232. The van der Waals surface area contributed by atoms with Crippen LogP contribution in [0.4, 0.5) is 13.2 Å². The molecule has 1 aromatic carbocycles. The molecule has 0 radical (unpaired) electrons. The highest BCUT2D eigenvalue weighted by Gasteiger charge is 2.26. The number of aliphatic hydroxyl groups excluding tert-OH is 1. The van der Waals surface area contributed by atoms with Crippen molar-refractivity contribution in [1.82, 2.24) is 0 Å². The van der Waals surface area contributed by atoms with E-state index in [9.17, 15) is 13.2 Å². The van der Waals surface area contributed by atoms with Crippen molar-refractivity contribution in [2.24, 2.45) is 0 Å². The molecule has 0 spiro atoms. The van der Waals surface area contributed by atoms with Gasteiger partial charge in [-0.25, -0.2) is 0 Å². The van der Waals surface area contributed by atoms with Gasteiger partial charge in [-0.3, -0.25) is 0 Å². The molecule has 0 aliphatic carbocycles. The van der Waals surface area contributed by atoms with Crippen molar-refractivity contribution in [1.29, 1.82) is 0 Å². The maximum absolute atomic E-state index is 11.8. The number of benzene rings is 1. The van der Waals surface area contributed by atoms with Gasteiger partial charge < -0.3 is 9.84 Å². The zero-order chi connectivity index (χ0) is 12.7. The predicted molar refractivity (Wildman–Crippen MR) is 56.6 cm³/mol. The van der Waals surface area contributed by atoms with Crippen molar-refractivity contribution in [3.8, 4) is 17.6 Å². The van der Waals surface area contributed by atoms with E-state index in [-0.39, 0.29) is 6.61 Å². The van der Waals surface area contributed by atoms with Gasteiger partial charge in [0.1, 0.15) is 12.4 Å². The third-order valence-corrected chi connectivity index (χ3v) is 1.82. The van der Waals surface area contributed by atoms with Crippen LogP contribution in [-0.2, 0) is 0 Å². The average Bonchev–Trinajstić information content (AvgIpc) is 2.26. The molecule has 0 fully saturated rings. The quantitative estimate of drug-likeness (QED) is 0.827.